The molecule has 6 heteroatoms. The monoisotopic (exact) mass is 321 g/mol. The molecule has 1 atom stereocenters. The summed E-state index contributed by atoms with van der Waals surface area (Å²) >= 11 is 0. The van der Waals surface area contributed by atoms with Crippen molar-refractivity contribution in [1.29, 1.82) is 0 Å². The highest BCUT2D eigenvalue weighted by atomic mass is 16.5. The summed E-state index contributed by atoms with van der Waals surface area (Å²) in [4.78, 5) is 35.4. The third kappa shape index (κ3) is 6.50. The van der Waals surface area contributed by atoms with Gasteiger partial charge in [-0.15, -0.1) is 0 Å². The molecule has 0 fully saturated rings. The Balaban J connectivity index is 2.54. The molecular formula is C17H23NO5. The van der Waals surface area contributed by atoms with Crippen LogP contribution in [0.1, 0.15) is 36.2 Å². The molecule has 1 aromatic rings. The number of benzene rings is 1. The second kappa shape index (κ2) is 8.92. The van der Waals surface area contributed by atoms with Crippen LogP contribution in [0, 0.1) is 12.8 Å². The standard InChI is InChI=1S/C17H23NO5/c1-11(2)8-14(17(21)22-4)18-15(19)10-23-16(20)13-7-5-6-12(3)9-13/h5-7,9,11,14H,8,10H2,1-4H3,(H,18,19)/t14-/m1/s1. The van der Waals surface area contributed by atoms with Gasteiger partial charge < -0.3 is 14.8 Å². The van der Waals surface area contributed by atoms with Crippen LogP contribution in [0.5, 0.6) is 0 Å². The van der Waals surface area contributed by atoms with Gasteiger partial charge in [0, 0.05) is 0 Å². The Morgan fingerprint density at radius 2 is 1.91 bits per heavy atom. The van der Waals surface area contributed by atoms with Gasteiger partial charge in [0.2, 0.25) is 0 Å². The molecule has 0 bridgehead atoms. The van der Waals surface area contributed by atoms with Gasteiger partial charge in [0.1, 0.15) is 6.04 Å². The van der Waals surface area contributed by atoms with Crippen molar-refractivity contribution in [3.8, 4) is 0 Å². The summed E-state index contributed by atoms with van der Waals surface area (Å²) in [5.74, 6) is -1.43. The second-order valence-corrected chi connectivity index (χ2v) is 5.72. The predicted molar refractivity (Wildman–Crippen MR) is 84.9 cm³/mol. The first kappa shape index (κ1) is 18.7. The van der Waals surface area contributed by atoms with E-state index < -0.39 is 30.5 Å². The third-order valence-corrected chi connectivity index (χ3v) is 3.12. The normalized spacial score (nSPS) is 11.7. The van der Waals surface area contributed by atoms with E-state index in [0.717, 1.165) is 5.56 Å². The van der Waals surface area contributed by atoms with Gasteiger partial charge in [-0.2, -0.15) is 0 Å². The van der Waals surface area contributed by atoms with E-state index in [2.05, 4.69) is 10.1 Å². The summed E-state index contributed by atoms with van der Waals surface area (Å²) in [6.45, 7) is 5.27. The second-order valence-electron chi connectivity index (χ2n) is 5.72. The van der Waals surface area contributed by atoms with Crippen molar-refractivity contribution >= 4 is 17.8 Å². The van der Waals surface area contributed by atoms with Crippen LogP contribution in [-0.4, -0.2) is 37.6 Å². The van der Waals surface area contributed by atoms with E-state index in [1.807, 2.05) is 26.8 Å². The summed E-state index contributed by atoms with van der Waals surface area (Å²) in [5.41, 5.74) is 1.30. The molecule has 1 amide bonds. The van der Waals surface area contributed by atoms with Crippen molar-refractivity contribution in [1.82, 2.24) is 5.32 Å². The molecule has 0 saturated heterocycles. The highest BCUT2D eigenvalue weighted by molar-refractivity contribution is 5.92. The van der Waals surface area contributed by atoms with Crippen LogP contribution in [0.15, 0.2) is 24.3 Å². The number of nitrogens with one attached hydrogen (secondary N) is 1. The molecule has 23 heavy (non-hydrogen) atoms. The van der Waals surface area contributed by atoms with Crippen LogP contribution in [0.3, 0.4) is 0 Å². The van der Waals surface area contributed by atoms with Gasteiger partial charge >= 0.3 is 11.9 Å². The summed E-state index contributed by atoms with van der Waals surface area (Å²) in [5, 5.41) is 2.53. The average molecular weight is 321 g/mol. The van der Waals surface area contributed by atoms with E-state index in [0.29, 0.717) is 12.0 Å². The molecule has 1 aromatic carbocycles. The number of esters is 2. The van der Waals surface area contributed by atoms with E-state index in [4.69, 9.17) is 4.74 Å². The van der Waals surface area contributed by atoms with Crippen LogP contribution in [-0.2, 0) is 19.1 Å². The minimum Gasteiger partial charge on any atom is -0.467 e. The molecule has 0 aromatic heterocycles. The Bertz CT molecular complexity index is 568. The third-order valence-electron chi connectivity index (χ3n) is 3.12. The fourth-order valence-corrected chi connectivity index (χ4v) is 2.05. The molecule has 0 saturated carbocycles. The molecule has 1 rings (SSSR count). The fourth-order valence-electron chi connectivity index (χ4n) is 2.05. The number of methoxy groups -OCH3 is 1. The first-order valence-electron chi connectivity index (χ1n) is 7.44. The first-order chi connectivity index (χ1) is 10.8. The van der Waals surface area contributed by atoms with Gasteiger partial charge in [-0.05, 0) is 31.4 Å². The lowest BCUT2D eigenvalue weighted by atomic mass is 10.0. The number of ether oxygens (including phenoxy) is 2. The highest BCUT2D eigenvalue weighted by Gasteiger charge is 2.23. The maximum atomic E-state index is 11.9. The zero-order valence-electron chi connectivity index (χ0n) is 13.9. The van der Waals surface area contributed by atoms with Gasteiger partial charge in [0.25, 0.3) is 5.91 Å². The van der Waals surface area contributed by atoms with Crippen LogP contribution >= 0.6 is 0 Å². The van der Waals surface area contributed by atoms with Crippen molar-refractivity contribution in [3.05, 3.63) is 35.4 Å². The maximum Gasteiger partial charge on any atom is 0.338 e. The number of aryl methyl sites for hydroxylation is 1. The molecule has 0 aliphatic heterocycles. The molecule has 6 nitrogen and oxygen atoms in total. The lowest BCUT2D eigenvalue weighted by Gasteiger charge is -2.18. The van der Waals surface area contributed by atoms with E-state index >= 15 is 0 Å². The average Bonchev–Trinajstić information content (AvgIpc) is 2.50. The summed E-state index contributed by atoms with van der Waals surface area (Å²) in [6, 6.07) is 6.14. The number of hydrogen-bond acceptors (Lipinski definition) is 5. The van der Waals surface area contributed by atoms with Crippen molar-refractivity contribution < 1.29 is 23.9 Å². The van der Waals surface area contributed by atoms with Gasteiger partial charge in [0.05, 0.1) is 12.7 Å². The number of carbonyl (C=O) groups excluding carboxylic acids is 3. The quantitative estimate of drug-likeness (QED) is 0.775. The fraction of sp³-hybridized carbons (Fsp3) is 0.471. The highest BCUT2D eigenvalue weighted by Crippen LogP contribution is 2.07. The van der Waals surface area contributed by atoms with Gasteiger partial charge in [0.15, 0.2) is 6.61 Å². The predicted octanol–water partition coefficient (Wildman–Crippen LogP) is 1.86. The van der Waals surface area contributed by atoms with Crippen molar-refractivity contribution in [2.75, 3.05) is 13.7 Å². The molecule has 126 valence electrons. The Morgan fingerprint density at radius 1 is 1.22 bits per heavy atom. The van der Waals surface area contributed by atoms with E-state index in [1.54, 1.807) is 18.2 Å². The smallest absolute Gasteiger partial charge is 0.338 e. The minimum absolute atomic E-state index is 0.203. The molecule has 0 radical (unpaired) electrons. The Labute approximate surface area is 136 Å². The van der Waals surface area contributed by atoms with E-state index in [9.17, 15) is 14.4 Å². The zero-order chi connectivity index (χ0) is 17.4. The molecule has 0 aliphatic carbocycles. The molecule has 1 N–H and O–H groups in total. The van der Waals surface area contributed by atoms with Crippen LogP contribution in [0.25, 0.3) is 0 Å². The zero-order valence-corrected chi connectivity index (χ0v) is 13.9. The lowest BCUT2D eigenvalue weighted by molar-refractivity contribution is -0.145. The number of rotatable bonds is 7. The van der Waals surface area contributed by atoms with Crippen LogP contribution < -0.4 is 5.32 Å². The van der Waals surface area contributed by atoms with Crippen LogP contribution in [0.2, 0.25) is 0 Å². The molecule has 0 unspecified atom stereocenters. The number of amides is 1. The Kier molecular flexibility index (Phi) is 7.25. The summed E-state index contributed by atoms with van der Waals surface area (Å²) < 4.78 is 9.62. The molecular weight excluding hydrogens is 298 g/mol. The van der Waals surface area contributed by atoms with Gasteiger partial charge in [-0.1, -0.05) is 31.5 Å². The van der Waals surface area contributed by atoms with Gasteiger partial charge in [-0.3, -0.25) is 4.79 Å². The van der Waals surface area contributed by atoms with Crippen molar-refractivity contribution in [3.63, 3.8) is 0 Å². The Morgan fingerprint density at radius 3 is 2.48 bits per heavy atom. The lowest BCUT2D eigenvalue weighted by Crippen LogP contribution is -2.44. The van der Waals surface area contributed by atoms with E-state index in [-0.39, 0.29) is 5.92 Å². The Hall–Kier alpha value is -2.37. The number of hydrogen-bond donors (Lipinski definition) is 1. The van der Waals surface area contributed by atoms with Crippen molar-refractivity contribution in [2.45, 2.75) is 33.2 Å². The maximum absolute atomic E-state index is 11.9. The van der Waals surface area contributed by atoms with Crippen molar-refractivity contribution in [2.24, 2.45) is 5.92 Å². The first-order valence-corrected chi connectivity index (χ1v) is 7.44. The largest absolute Gasteiger partial charge is 0.467 e. The van der Waals surface area contributed by atoms with E-state index in [1.165, 1.54) is 7.11 Å². The molecule has 0 aliphatic rings. The van der Waals surface area contributed by atoms with Crippen LogP contribution in [0.4, 0.5) is 0 Å². The summed E-state index contributed by atoms with van der Waals surface area (Å²) in [6.07, 6.45) is 0.449. The SMILES string of the molecule is COC(=O)[C@@H](CC(C)C)NC(=O)COC(=O)c1cccc(C)c1. The minimum atomic E-state index is -0.745. The number of carbonyl (C=O) groups is 3. The topological polar surface area (TPSA) is 81.7 Å². The molecule has 0 spiro atoms. The summed E-state index contributed by atoms with van der Waals surface area (Å²) in [7, 11) is 1.26. The van der Waals surface area contributed by atoms with Gasteiger partial charge in [-0.25, -0.2) is 9.59 Å². The molecule has 0 heterocycles.